The third kappa shape index (κ3) is 4.60. The molecule has 1 N–H and O–H groups in total. The zero-order valence-corrected chi connectivity index (χ0v) is 11.9. The second-order valence-electron chi connectivity index (χ2n) is 4.90. The normalized spacial score (nSPS) is 20.3. The van der Waals surface area contributed by atoms with Gasteiger partial charge in [0.2, 0.25) is 5.91 Å². The number of carbonyl (C=O) groups is 1. The molecule has 2 heterocycles. The van der Waals surface area contributed by atoms with Crippen LogP contribution in [0.2, 0.25) is 0 Å². The number of aliphatic hydroxyl groups is 1. The first-order valence-electron chi connectivity index (χ1n) is 6.78. The molecule has 1 aliphatic heterocycles. The van der Waals surface area contributed by atoms with Gasteiger partial charge in [-0.05, 0) is 24.3 Å². The van der Waals surface area contributed by atoms with Gasteiger partial charge in [-0.15, -0.1) is 11.3 Å². The first kappa shape index (κ1) is 14.5. The standard InChI is InChI=1S/C14H21NO3S/c16-10-12-9-15(6-7-18-11-12)14(17)5-1-3-13-4-2-8-19-13/h2,4,8,12,16H,1,3,5-7,9-11H2/t12-/m1/s1. The first-order chi connectivity index (χ1) is 9.29. The van der Waals surface area contributed by atoms with Gasteiger partial charge in [0.15, 0.2) is 0 Å². The second kappa shape index (κ2) is 7.62. The number of hydrogen-bond donors (Lipinski definition) is 1. The van der Waals surface area contributed by atoms with Crippen LogP contribution in [0.25, 0.3) is 0 Å². The van der Waals surface area contributed by atoms with E-state index in [1.807, 2.05) is 11.0 Å². The number of carbonyl (C=O) groups excluding carboxylic acids is 1. The maximum Gasteiger partial charge on any atom is 0.222 e. The van der Waals surface area contributed by atoms with Gasteiger partial charge in [-0.3, -0.25) is 4.79 Å². The Kier molecular flexibility index (Phi) is 5.82. The minimum absolute atomic E-state index is 0.0590. The van der Waals surface area contributed by atoms with E-state index in [-0.39, 0.29) is 18.4 Å². The minimum atomic E-state index is 0.0590. The molecule has 19 heavy (non-hydrogen) atoms. The van der Waals surface area contributed by atoms with E-state index in [1.54, 1.807) is 11.3 Å². The van der Waals surface area contributed by atoms with Crippen LogP contribution in [0, 0.1) is 5.92 Å². The highest BCUT2D eigenvalue weighted by Crippen LogP contribution is 2.14. The lowest BCUT2D eigenvalue weighted by Crippen LogP contribution is -2.36. The molecule has 4 nitrogen and oxygen atoms in total. The Morgan fingerprint density at radius 2 is 2.47 bits per heavy atom. The fourth-order valence-electron chi connectivity index (χ4n) is 2.24. The summed E-state index contributed by atoms with van der Waals surface area (Å²) in [6.07, 6.45) is 2.44. The number of hydrogen-bond acceptors (Lipinski definition) is 4. The number of rotatable bonds is 5. The average Bonchev–Trinajstić information content (AvgIpc) is 2.81. The molecule has 106 valence electrons. The summed E-state index contributed by atoms with van der Waals surface area (Å²) in [7, 11) is 0. The van der Waals surface area contributed by atoms with Crippen molar-refractivity contribution in [2.24, 2.45) is 5.92 Å². The molecule has 0 aliphatic carbocycles. The number of ether oxygens (including phenoxy) is 1. The summed E-state index contributed by atoms with van der Waals surface area (Å²) in [5.74, 6) is 0.240. The first-order valence-corrected chi connectivity index (χ1v) is 7.66. The van der Waals surface area contributed by atoms with Gasteiger partial charge in [-0.2, -0.15) is 0 Å². The predicted molar refractivity (Wildman–Crippen MR) is 75.2 cm³/mol. The summed E-state index contributed by atoms with van der Waals surface area (Å²) < 4.78 is 5.39. The van der Waals surface area contributed by atoms with E-state index in [2.05, 4.69) is 11.4 Å². The molecule has 5 heteroatoms. The molecule has 1 aromatic heterocycles. The molecular weight excluding hydrogens is 262 g/mol. The molecule has 1 atom stereocenters. The van der Waals surface area contributed by atoms with Crippen molar-refractivity contribution in [3.8, 4) is 0 Å². The largest absolute Gasteiger partial charge is 0.396 e. The van der Waals surface area contributed by atoms with Crippen molar-refractivity contribution in [1.29, 1.82) is 0 Å². The van der Waals surface area contributed by atoms with Crippen LogP contribution in [-0.2, 0) is 16.0 Å². The zero-order chi connectivity index (χ0) is 13.5. The molecule has 0 radical (unpaired) electrons. The summed E-state index contributed by atoms with van der Waals surface area (Å²) in [5.41, 5.74) is 0. The van der Waals surface area contributed by atoms with Gasteiger partial charge < -0.3 is 14.7 Å². The fraction of sp³-hybridized carbons (Fsp3) is 0.643. The number of amides is 1. The third-order valence-electron chi connectivity index (χ3n) is 3.34. The molecule has 2 rings (SSSR count). The molecule has 1 aliphatic rings. The maximum atomic E-state index is 12.1. The van der Waals surface area contributed by atoms with Crippen LogP contribution >= 0.6 is 11.3 Å². The van der Waals surface area contributed by atoms with Crippen LogP contribution < -0.4 is 0 Å². The van der Waals surface area contributed by atoms with Gasteiger partial charge in [0, 0.05) is 36.9 Å². The smallest absolute Gasteiger partial charge is 0.222 e. The van der Waals surface area contributed by atoms with Crippen molar-refractivity contribution in [2.45, 2.75) is 19.3 Å². The van der Waals surface area contributed by atoms with Gasteiger partial charge in [0.25, 0.3) is 0 Å². The number of nitrogens with zero attached hydrogens (tertiary/aromatic N) is 1. The van der Waals surface area contributed by atoms with Crippen LogP contribution in [0.4, 0.5) is 0 Å². The topological polar surface area (TPSA) is 49.8 Å². The van der Waals surface area contributed by atoms with Crippen LogP contribution in [0.1, 0.15) is 17.7 Å². The van der Waals surface area contributed by atoms with E-state index in [9.17, 15) is 9.90 Å². The summed E-state index contributed by atoms with van der Waals surface area (Å²) >= 11 is 1.74. The SMILES string of the molecule is O=C(CCCc1cccs1)N1CCOC[C@@H](CO)C1. The molecule has 1 fully saturated rings. The van der Waals surface area contributed by atoms with Crippen molar-refractivity contribution in [2.75, 3.05) is 32.9 Å². The van der Waals surface area contributed by atoms with E-state index < -0.39 is 0 Å². The highest BCUT2D eigenvalue weighted by molar-refractivity contribution is 7.09. The Labute approximate surface area is 118 Å². The van der Waals surface area contributed by atoms with Crippen molar-refractivity contribution in [3.05, 3.63) is 22.4 Å². The van der Waals surface area contributed by atoms with Crippen LogP contribution in [-0.4, -0.2) is 48.8 Å². The molecular formula is C14H21NO3S. The molecule has 1 aromatic rings. The Hall–Kier alpha value is -0.910. The van der Waals surface area contributed by atoms with Crippen molar-refractivity contribution < 1.29 is 14.6 Å². The summed E-state index contributed by atoms with van der Waals surface area (Å²) in [6.45, 7) is 2.48. The van der Waals surface area contributed by atoms with Gasteiger partial charge >= 0.3 is 0 Å². The molecule has 0 aromatic carbocycles. The van der Waals surface area contributed by atoms with Crippen molar-refractivity contribution >= 4 is 17.2 Å². The van der Waals surface area contributed by atoms with Crippen molar-refractivity contribution in [1.82, 2.24) is 4.90 Å². The lowest BCUT2D eigenvalue weighted by atomic mass is 10.1. The number of thiophene rings is 1. The summed E-state index contributed by atoms with van der Waals surface area (Å²) in [6, 6.07) is 4.15. The maximum absolute atomic E-state index is 12.1. The molecule has 0 saturated carbocycles. The summed E-state index contributed by atoms with van der Waals surface area (Å²) in [5, 5.41) is 11.3. The Bertz CT molecular complexity index is 380. The van der Waals surface area contributed by atoms with Gasteiger partial charge in [0.1, 0.15) is 0 Å². The van der Waals surface area contributed by atoms with Crippen LogP contribution in [0.15, 0.2) is 17.5 Å². The van der Waals surface area contributed by atoms with Crippen molar-refractivity contribution in [3.63, 3.8) is 0 Å². The lowest BCUT2D eigenvalue weighted by molar-refractivity contribution is -0.131. The fourth-order valence-corrected chi connectivity index (χ4v) is 3.00. The second-order valence-corrected chi connectivity index (χ2v) is 5.93. The van der Waals surface area contributed by atoms with Gasteiger partial charge in [-0.25, -0.2) is 0 Å². The number of aliphatic hydroxyl groups excluding tert-OH is 1. The van der Waals surface area contributed by atoms with Crippen LogP contribution in [0.3, 0.4) is 0 Å². The zero-order valence-electron chi connectivity index (χ0n) is 11.1. The molecule has 1 saturated heterocycles. The van der Waals surface area contributed by atoms with Crippen LogP contribution in [0.5, 0.6) is 0 Å². The molecule has 0 bridgehead atoms. The Balaban J connectivity index is 1.75. The quantitative estimate of drug-likeness (QED) is 0.892. The predicted octanol–water partition coefficient (Wildman–Crippen LogP) is 1.54. The highest BCUT2D eigenvalue weighted by Gasteiger charge is 2.21. The Morgan fingerprint density at radius 3 is 3.21 bits per heavy atom. The van der Waals surface area contributed by atoms with E-state index in [1.165, 1.54) is 4.88 Å². The van der Waals surface area contributed by atoms with E-state index in [0.717, 1.165) is 12.8 Å². The highest BCUT2D eigenvalue weighted by atomic mass is 32.1. The van der Waals surface area contributed by atoms with E-state index >= 15 is 0 Å². The van der Waals surface area contributed by atoms with Gasteiger partial charge in [0.05, 0.1) is 13.2 Å². The number of aryl methyl sites for hydroxylation is 1. The molecule has 0 spiro atoms. The van der Waals surface area contributed by atoms with Gasteiger partial charge in [-0.1, -0.05) is 6.07 Å². The molecule has 1 amide bonds. The molecule has 0 unspecified atom stereocenters. The average molecular weight is 283 g/mol. The summed E-state index contributed by atoms with van der Waals surface area (Å²) in [4.78, 5) is 15.3. The lowest BCUT2D eigenvalue weighted by Gasteiger charge is -2.22. The van der Waals surface area contributed by atoms with E-state index in [4.69, 9.17) is 4.74 Å². The Morgan fingerprint density at radius 1 is 1.58 bits per heavy atom. The third-order valence-corrected chi connectivity index (χ3v) is 4.28. The minimum Gasteiger partial charge on any atom is -0.396 e. The van der Waals surface area contributed by atoms with E-state index in [0.29, 0.717) is 32.7 Å². The monoisotopic (exact) mass is 283 g/mol.